The van der Waals surface area contributed by atoms with Crippen LogP contribution in [0.4, 0.5) is 5.82 Å². The van der Waals surface area contributed by atoms with Crippen molar-refractivity contribution in [2.75, 3.05) is 18.5 Å². The van der Waals surface area contributed by atoms with Crippen molar-refractivity contribution in [2.24, 2.45) is 0 Å². The summed E-state index contributed by atoms with van der Waals surface area (Å²) < 4.78 is 0. The second-order valence-electron chi connectivity index (χ2n) is 4.87. The number of benzene rings is 1. The molecule has 0 saturated heterocycles. The fourth-order valence-corrected chi connectivity index (χ4v) is 1.92. The highest BCUT2D eigenvalue weighted by Crippen LogP contribution is 2.11. The van der Waals surface area contributed by atoms with Gasteiger partial charge in [-0.1, -0.05) is 37.3 Å². The summed E-state index contributed by atoms with van der Waals surface area (Å²) in [6.07, 6.45) is 0.900. The van der Waals surface area contributed by atoms with E-state index in [9.17, 15) is 4.79 Å². The van der Waals surface area contributed by atoms with Crippen LogP contribution >= 0.6 is 0 Å². The van der Waals surface area contributed by atoms with Crippen LogP contribution in [0.2, 0.25) is 0 Å². The number of carbonyl (C=O) groups excluding carboxylic acids is 1. The number of nitrogens with one attached hydrogen (secondary N) is 1. The van der Waals surface area contributed by atoms with Crippen LogP contribution in [0.5, 0.6) is 0 Å². The third-order valence-electron chi connectivity index (χ3n) is 3.07. The van der Waals surface area contributed by atoms with Gasteiger partial charge in [0.1, 0.15) is 0 Å². The average Bonchev–Trinajstić information content (AvgIpc) is 2.53. The fraction of sp³-hybridized carbons (Fsp3) is 0.312. The first-order valence-corrected chi connectivity index (χ1v) is 7.07. The van der Waals surface area contributed by atoms with Gasteiger partial charge in [0.05, 0.1) is 0 Å². The number of hydrogen-bond donors (Lipinski definition) is 1. The molecule has 1 N–H and O–H groups in total. The Labute approximate surface area is 125 Å². The van der Waals surface area contributed by atoms with Gasteiger partial charge in [0.2, 0.25) is 0 Å². The summed E-state index contributed by atoms with van der Waals surface area (Å²) in [5, 5.41) is 10.9. The Hall–Kier alpha value is -2.43. The van der Waals surface area contributed by atoms with Crippen molar-refractivity contribution in [1.82, 2.24) is 15.5 Å². The van der Waals surface area contributed by atoms with Crippen LogP contribution in [0.15, 0.2) is 42.5 Å². The Kier molecular flexibility index (Phi) is 5.26. The highest BCUT2D eigenvalue weighted by molar-refractivity contribution is 5.92. The van der Waals surface area contributed by atoms with E-state index in [0.29, 0.717) is 12.2 Å². The maximum Gasteiger partial charge on any atom is 0.271 e. The average molecular weight is 284 g/mol. The Balaban J connectivity index is 1.99. The Bertz CT molecular complexity index is 569. The molecule has 0 saturated carbocycles. The molecule has 1 heterocycles. The van der Waals surface area contributed by atoms with Gasteiger partial charge < -0.3 is 10.2 Å². The second kappa shape index (κ2) is 7.38. The quantitative estimate of drug-likeness (QED) is 0.884. The van der Waals surface area contributed by atoms with Crippen molar-refractivity contribution < 1.29 is 4.79 Å². The first-order valence-electron chi connectivity index (χ1n) is 7.07. The summed E-state index contributed by atoms with van der Waals surface area (Å²) >= 11 is 0. The molecule has 0 spiro atoms. The van der Waals surface area contributed by atoms with E-state index in [1.165, 1.54) is 5.56 Å². The number of hydrogen-bond acceptors (Lipinski definition) is 4. The van der Waals surface area contributed by atoms with Gasteiger partial charge in [0.15, 0.2) is 11.5 Å². The summed E-state index contributed by atoms with van der Waals surface area (Å²) in [6, 6.07) is 13.7. The van der Waals surface area contributed by atoms with E-state index in [0.717, 1.165) is 18.8 Å². The largest absolute Gasteiger partial charge is 0.354 e. The number of aromatic nitrogens is 2. The zero-order chi connectivity index (χ0) is 15.1. The molecule has 0 unspecified atom stereocenters. The van der Waals surface area contributed by atoms with Gasteiger partial charge in [-0.3, -0.25) is 4.79 Å². The first-order chi connectivity index (χ1) is 10.2. The molecule has 0 bridgehead atoms. The predicted octanol–water partition coefficient (Wildman–Crippen LogP) is 2.25. The molecule has 5 nitrogen and oxygen atoms in total. The number of amides is 1. The van der Waals surface area contributed by atoms with E-state index in [-0.39, 0.29) is 5.91 Å². The van der Waals surface area contributed by atoms with Gasteiger partial charge in [-0.2, -0.15) is 0 Å². The highest BCUT2D eigenvalue weighted by Gasteiger charge is 2.09. The van der Waals surface area contributed by atoms with Gasteiger partial charge in [-0.15, -0.1) is 10.2 Å². The van der Waals surface area contributed by atoms with E-state index in [1.807, 2.05) is 43.1 Å². The fourth-order valence-electron chi connectivity index (χ4n) is 1.92. The Morgan fingerprint density at radius 2 is 1.90 bits per heavy atom. The van der Waals surface area contributed by atoms with E-state index in [1.54, 1.807) is 6.07 Å². The molecule has 0 fully saturated rings. The van der Waals surface area contributed by atoms with Crippen LogP contribution in [0, 0.1) is 0 Å². The summed E-state index contributed by atoms with van der Waals surface area (Å²) in [7, 11) is 1.95. The first kappa shape index (κ1) is 15.0. The molecule has 1 amide bonds. The maximum absolute atomic E-state index is 11.7. The third-order valence-corrected chi connectivity index (χ3v) is 3.07. The van der Waals surface area contributed by atoms with Crippen LogP contribution in [0.1, 0.15) is 29.4 Å². The molecule has 0 aliphatic rings. The molecule has 0 atom stereocenters. The standard InChI is InChI=1S/C16H20N4O/c1-3-11-17-16(21)14-9-10-15(19-18-14)20(2)12-13-7-5-4-6-8-13/h4-10H,3,11-12H2,1-2H3,(H,17,21). The van der Waals surface area contributed by atoms with Gasteiger partial charge in [0, 0.05) is 20.1 Å². The Morgan fingerprint density at radius 3 is 2.52 bits per heavy atom. The predicted molar refractivity (Wildman–Crippen MR) is 83.2 cm³/mol. The number of anilines is 1. The molecule has 0 aliphatic carbocycles. The summed E-state index contributed by atoms with van der Waals surface area (Å²) in [5.41, 5.74) is 1.55. The molecule has 21 heavy (non-hydrogen) atoms. The van der Waals surface area contributed by atoms with Crippen LogP contribution in [-0.2, 0) is 6.54 Å². The lowest BCUT2D eigenvalue weighted by atomic mass is 10.2. The molecule has 2 aromatic rings. The number of nitrogens with zero attached hydrogens (tertiary/aromatic N) is 3. The second-order valence-corrected chi connectivity index (χ2v) is 4.87. The number of rotatable bonds is 6. The summed E-state index contributed by atoms with van der Waals surface area (Å²) in [5.74, 6) is 0.563. The lowest BCUT2D eigenvalue weighted by Gasteiger charge is -2.17. The van der Waals surface area contributed by atoms with E-state index in [4.69, 9.17) is 0 Å². The van der Waals surface area contributed by atoms with Crippen molar-refractivity contribution in [2.45, 2.75) is 19.9 Å². The molecule has 0 radical (unpaired) electrons. The highest BCUT2D eigenvalue weighted by atomic mass is 16.1. The SMILES string of the molecule is CCCNC(=O)c1ccc(N(C)Cc2ccccc2)nn1. The molecular weight excluding hydrogens is 264 g/mol. The monoisotopic (exact) mass is 284 g/mol. The van der Waals surface area contributed by atoms with Crippen molar-refractivity contribution in [3.63, 3.8) is 0 Å². The normalized spacial score (nSPS) is 10.2. The zero-order valence-electron chi connectivity index (χ0n) is 12.4. The van der Waals surface area contributed by atoms with Crippen LogP contribution in [0.3, 0.4) is 0 Å². The van der Waals surface area contributed by atoms with Crippen LogP contribution in [-0.4, -0.2) is 29.7 Å². The van der Waals surface area contributed by atoms with E-state index >= 15 is 0 Å². The van der Waals surface area contributed by atoms with Gasteiger partial charge >= 0.3 is 0 Å². The minimum absolute atomic E-state index is 0.179. The topological polar surface area (TPSA) is 58.1 Å². The molecule has 110 valence electrons. The lowest BCUT2D eigenvalue weighted by molar-refractivity contribution is 0.0947. The van der Waals surface area contributed by atoms with Gasteiger partial charge in [-0.05, 0) is 24.1 Å². The molecule has 5 heteroatoms. The minimum Gasteiger partial charge on any atom is -0.354 e. The molecule has 1 aromatic carbocycles. The summed E-state index contributed by atoms with van der Waals surface area (Å²) in [6.45, 7) is 3.40. The van der Waals surface area contributed by atoms with Gasteiger partial charge in [0.25, 0.3) is 5.91 Å². The van der Waals surface area contributed by atoms with Crippen molar-refractivity contribution in [1.29, 1.82) is 0 Å². The molecule has 0 aliphatic heterocycles. The smallest absolute Gasteiger partial charge is 0.271 e. The Morgan fingerprint density at radius 1 is 1.14 bits per heavy atom. The lowest BCUT2D eigenvalue weighted by Crippen LogP contribution is -2.26. The van der Waals surface area contributed by atoms with Crippen molar-refractivity contribution >= 4 is 11.7 Å². The van der Waals surface area contributed by atoms with Crippen molar-refractivity contribution in [3.05, 3.63) is 53.7 Å². The van der Waals surface area contributed by atoms with E-state index < -0.39 is 0 Å². The molecule has 1 aromatic heterocycles. The van der Waals surface area contributed by atoms with E-state index in [2.05, 4.69) is 27.6 Å². The van der Waals surface area contributed by atoms with Crippen LogP contribution in [0.25, 0.3) is 0 Å². The summed E-state index contributed by atoms with van der Waals surface area (Å²) in [4.78, 5) is 13.7. The minimum atomic E-state index is -0.179. The van der Waals surface area contributed by atoms with Crippen LogP contribution < -0.4 is 10.2 Å². The number of carbonyl (C=O) groups is 1. The molecule has 2 rings (SSSR count). The van der Waals surface area contributed by atoms with Crippen molar-refractivity contribution in [3.8, 4) is 0 Å². The third kappa shape index (κ3) is 4.27. The maximum atomic E-state index is 11.7. The van der Waals surface area contributed by atoms with Gasteiger partial charge in [-0.25, -0.2) is 0 Å². The zero-order valence-corrected chi connectivity index (χ0v) is 12.4. The molecular formula is C16H20N4O.